The van der Waals surface area contributed by atoms with E-state index in [1.165, 1.54) is 23.0 Å². The first-order chi connectivity index (χ1) is 9.91. The molecule has 0 atom stereocenters. The van der Waals surface area contributed by atoms with E-state index in [9.17, 15) is 13.2 Å². The molecule has 1 aromatic heterocycles. The van der Waals surface area contributed by atoms with E-state index >= 15 is 0 Å². The molecule has 0 saturated carbocycles. The van der Waals surface area contributed by atoms with Crippen molar-refractivity contribution in [3.63, 3.8) is 0 Å². The zero-order chi connectivity index (χ0) is 15.5. The largest absolute Gasteiger partial charge is 0.369 e. The number of nitrogens with zero attached hydrogens (tertiary/aromatic N) is 4. The molecule has 21 heavy (non-hydrogen) atoms. The van der Waals surface area contributed by atoms with E-state index in [4.69, 9.17) is 0 Å². The Hall–Kier alpha value is -1.74. The molecule has 0 bridgehead atoms. The lowest BCUT2D eigenvalue weighted by atomic mass is 10.3. The number of aromatic nitrogens is 2. The average molecular weight is 313 g/mol. The van der Waals surface area contributed by atoms with Crippen LogP contribution >= 0.6 is 0 Å². The highest BCUT2D eigenvalue weighted by molar-refractivity contribution is 7.88. The molecule has 116 valence electrons. The second kappa shape index (κ2) is 6.35. The molecule has 2 rings (SSSR count). The molecule has 0 radical (unpaired) electrons. The lowest BCUT2D eigenvalue weighted by Crippen LogP contribution is -2.50. The van der Waals surface area contributed by atoms with Crippen molar-refractivity contribution >= 4 is 21.7 Å². The van der Waals surface area contributed by atoms with E-state index in [1.807, 2.05) is 6.92 Å². The highest BCUT2D eigenvalue weighted by atomic mass is 32.2. The van der Waals surface area contributed by atoms with Gasteiger partial charge in [0.2, 0.25) is 10.0 Å². The van der Waals surface area contributed by atoms with Crippen molar-refractivity contribution in [1.29, 1.82) is 0 Å². The quantitative estimate of drug-likeness (QED) is 0.814. The lowest BCUT2D eigenvalue weighted by Gasteiger charge is -2.32. The molecule has 1 amide bonds. The summed E-state index contributed by atoms with van der Waals surface area (Å²) in [6.45, 7) is 4.03. The van der Waals surface area contributed by atoms with Gasteiger partial charge < -0.3 is 10.2 Å². The summed E-state index contributed by atoms with van der Waals surface area (Å²) in [6, 6.07) is 0. The fourth-order valence-corrected chi connectivity index (χ4v) is 2.92. The number of nitrogens with one attached hydrogen (secondary N) is 1. The summed E-state index contributed by atoms with van der Waals surface area (Å²) in [5, 5.41) is 3.00. The fourth-order valence-electron chi connectivity index (χ4n) is 2.10. The van der Waals surface area contributed by atoms with Gasteiger partial charge in [0.1, 0.15) is 11.5 Å². The van der Waals surface area contributed by atoms with E-state index in [2.05, 4.69) is 15.3 Å². The van der Waals surface area contributed by atoms with Gasteiger partial charge in [-0.05, 0) is 6.92 Å². The van der Waals surface area contributed by atoms with E-state index in [-0.39, 0.29) is 11.6 Å². The maximum atomic E-state index is 12.3. The van der Waals surface area contributed by atoms with Gasteiger partial charge in [0, 0.05) is 32.7 Å². The standard InChI is InChI=1S/C12H19N5O3S/c1-3-13-11-9-14-10(8-15-11)12(18)16-4-6-17(7-5-16)21(2,19)20/h8-9H,3-7H2,1-2H3,(H,13,15). The molecule has 9 heteroatoms. The van der Waals surface area contributed by atoms with Gasteiger partial charge in [0.25, 0.3) is 5.91 Å². The summed E-state index contributed by atoms with van der Waals surface area (Å²) in [6.07, 6.45) is 4.13. The predicted molar refractivity (Wildman–Crippen MR) is 78.5 cm³/mol. The summed E-state index contributed by atoms with van der Waals surface area (Å²) < 4.78 is 24.2. The monoisotopic (exact) mass is 313 g/mol. The summed E-state index contributed by atoms with van der Waals surface area (Å²) in [5.41, 5.74) is 0.268. The molecule has 1 fully saturated rings. The number of carbonyl (C=O) groups is 1. The highest BCUT2D eigenvalue weighted by Gasteiger charge is 2.27. The third-order valence-corrected chi connectivity index (χ3v) is 4.53. The van der Waals surface area contributed by atoms with E-state index in [0.29, 0.717) is 32.0 Å². The molecule has 2 heterocycles. The molecule has 0 aromatic carbocycles. The minimum absolute atomic E-state index is 0.223. The van der Waals surface area contributed by atoms with Crippen LogP contribution in [0.25, 0.3) is 0 Å². The van der Waals surface area contributed by atoms with Gasteiger partial charge in [-0.3, -0.25) is 4.79 Å². The molecule has 1 saturated heterocycles. The topological polar surface area (TPSA) is 95.5 Å². The Kier molecular flexibility index (Phi) is 4.73. The zero-order valence-electron chi connectivity index (χ0n) is 12.1. The number of amides is 1. The molecular weight excluding hydrogens is 294 g/mol. The van der Waals surface area contributed by atoms with Crippen molar-refractivity contribution in [3.05, 3.63) is 18.1 Å². The van der Waals surface area contributed by atoms with Crippen molar-refractivity contribution in [1.82, 2.24) is 19.2 Å². The second-order valence-corrected chi connectivity index (χ2v) is 6.75. The van der Waals surface area contributed by atoms with Crippen LogP contribution in [0.1, 0.15) is 17.4 Å². The minimum atomic E-state index is -3.19. The molecule has 0 spiro atoms. The van der Waals surface area contributed by atoms with Crippen LogP contribution < -0.4 is 5.32 Å². The summed E-state index contributed by atoms with van der Waals surface area (Å²) in [4.78, 5) is 22.1. The second-order valence-electron chi connectivity index (χ2n) is 4.77. The molecule has 1 N–H and O–H groups in total. The molecule has 8 nitrogen and oxygen atoms in total. The van der Waals surface area contributed by atoms with Crippen LogP contribution in [0.3, 0.4) is 0 Å². The van der Waals surface area contributed by atoms with Gasteiger partial charge in [-0.2, -0.15) is 4.31 Å². The number of hydrogen-bond acceptors (Lipinski definition) is 6. The van der Waals surface area contributed by atoms with Gasteiger partial charge in [0.05, 0.1) is 18.6 Å². The van der Waals surface area contributed by atoms with Gasteiger partial charge >= 0.3 is 0 Å². The molecule has 1 aliphatic heterocycles. The molecular formula is C12H19N5O3S. The zero-order valence-corrected chi connectivity index (χ0v) is 12.9. The highest BCUT2D eigenvalue weighted by Crippen LogP contribution is 2.10. The van der Waals surface area contributed by atoms with Crippen molar-refractivity contribution in [3.8, 4) is 0 Å². The first-order valence-electron chi connectivity index (χ1n) is 6.72. The smallest absolute Gasteiger partial charge is 0.274 e. The molecule has 0 unspecified atom stereocenters. The van der Waals surface area contributed by atoms with Gasteiger partial charge in [-0.15, -0.1) is 0 Å². The third-order valence-electron chi connectivity index (χ3n) is 3.22. The molecule has 1 aromatic rings. The van der Waals surface area contributed by atoms with Crippen LogP contribution in [0, 0.1) is 0 Å². The fraction of sp³-hybridized carbons (Fsp3) is 0.583. The third kappa shape index (κ3) is 3.88. The summed E-state index contributed by atoms with van der Waals surface area (Å²) in [7, 11) is -3.19. The SMILES string of the molecule is CCNc1cnc(C(=O)N2CCN(S(C)(=O)=O)CC2)cn1. The van der Waals surface area contributed by atoms with Crippen molar-refractivity contribution in [2.24, 2.45) is 0 Å². The maximum absolute atomic E-state index is 12.3. The van der Waals surface area contributed by atoms with Crippen molar-refractivity contribution in [2.45, 2.75) is 6.92 Å². The summed E-state index contributed by atoms with van der Waals surface area (Å²) in [5.74, 6) is 0.398. The van der Waals surface area contributed by atoms with Gasteiger partial charge in [-0.25, -0.2) is 18.4 Å². The first-order valence-corrected chi connectivity index (χ1v) is 8.57. The van der Waals surface area contributed by atoms with Gasteiger partial charge in [-0.1, -0.05) is 0 Å². The van der Waals surface area contributed by atoms with E-state index < -0.39 is 10.0 Å². The van der Waals surface area contributed by atoms with Crippen LogP contribution in [0.15, 0.2) is 12.4 Å². The molecule has 1 aliphatic rings. The van der Waals surface area contributed by atoms with Crippen molar-refractivity contribution in [2.75, 3.05) is 44.3 Å². The van der Waals surface area contributed by atoms with Crippen molar-refractivity contribution < 1.29 is 13.2 Å². The minimum Gasteiger partial charge on any atom is -0.369 e. The Balaban J connectivity index is 1.98. The maximum Gasteiger partial charge on any atom is 0.274 e. The Morgan fingerprint density at radius 3 is 2.38 bits per heavy atom. The first kappa shape index (κ1) is 15.6. The van der Waals surface area contributed by atoms with Crippen LogP contribution in [0.5, 0.6) is 0 Å². The summed E-state index contributed by atoms with van der Waals surface area (Å²) >= 11 is 0. The molecule has 0 aliphatic carbocycles. The lowest BCUT2D eigenvalue weighted by molar-refractivity contribution is 0.0692. The average Bonchev–Trinajstić information content (AvgIpc) is 2.47. The van der Waals surface area contributed by atoms with Crippen LogP contribution in [-0.4, -0.2) is 72.5 Å². The number of carbonyl (C=O) groups excluding carboxylic acids is 1. The van der Waals surface area contributed by atoms with E-state index in [1.54, 1.807) is 4.90 Å². The normalized spacial score (nSPS) is 16.8. The number of anilines is 1. The number of sulfonamides is 1. The van der Waals surface area contributed by atoms with Crippen LogP contribution in [0.2, 0.25) is 0 Å². The Morgan fingerprint density at radius 1 is 1.24 bits per heavy atom. The van der Waals surface area contributed by atoms with Crippen LogP contribution in [0.4, 0.5) is 5.82 Å². The Bertz CT molecular complexity index is 594. The Morgan fingerprint density at radius 2 is 1.90 bits per heavy atom. The van der Waals surface area contributed by atoms with Gasteiger partial charge in [0.15, 0.2) is 0 Å². The number of hydrogen-bond donors (Lipinski definition) is 1. The predicted octanol–water partition coefficient (Wildman–Crippen LogP) is -0.374. The van der Waals surface area contributed by atoms with E-state index in [0.717, 1.165) is 6.54 Å². The number of piperazine rings is 1. The van der Waals surface area contributed by atoms with Crippen LogP contribution in [-0.2, 0) is 10.0 Å². The Labute approximate surface area is 124 Å². The number of rotatable bonds is 4.